The predicted octanol–water partition coefficient (Wildman–Crippen LogP) is -0.784. The first kappa shape index (κ1) is 6.80. The van der Waals surface area contributed by atoms with Crippen LogP contribution in [-0.4, -0.2) is 19.6 Å². The lowest BCUT2D eigenvalue weighted by Gasteiger charge is -2.08. The van der Waals surface area contributed by atoms with E-state index in [0.717, 1.165) is 0 Å². The first-order valence-electron chi connectivity index (χ1n) is 1.60. The highest BCUT2D eigenvalue weighted by atomic mass is 17.2. The van der Waals surface area contributed by atoms with Crippen LogP contribution in [0.1, 0.15) is 0 Å². The molecule has 0 unspecified atom stereocenters. The highest BCUT2D eigenvalue weighted by Gasteiger charge is 1.93. The van der Waals surface area contributed by atoms with Gasteiger partial charge in [-0.05, 0) is 0 Å². The number of rotatable bonds is 3. The van der Waals surface area contributed by atoms with E-state index < -0.39 is 0 Å². The number of hydrogen-bond donors (Lipinski definition) is 1. The maximum Gasteiger partial charge on any atom is 0.0939 e. The van der Waals surface area contributed by atoms with E-state index in [4.69, 9.17) is 0 Å². The summed E-state index contributed by atoms with van der Waals surface area (Å²) in [5.74, 6) is 4.57. The van der Waals surface area contributed by atoms with Crippen molar-refractivity contribution in [1.82, 2.24) is 5.39 Å². The molecule has 0 aromatic heterocycles. The topological polar surface area (TPSA) is 57.0 Å². The Morgan fingerprint density at radius 1 is 1.29 bits per heavy atom. The van der Waals surface area contributed by atoms with Gasteiger partial charge in [-0.3, -0.25) is 9.68 Å². The zero-order valence-corrected chi connectivity index (χ0v) is 4.25. The van der Waals surface area contributed by atoms with E-state index in [2.05, 4.69) is 20.5 Å². The molecule has 0 aliphatic heterocycles. The Balaban J connectivity index is 2.99. The van der Waals surface area contributed by atoms with Gasteiger partial charge in [0.1, 0.15) is 0 Å². The molecule has 0 bridgehead atoms. The van der Waals surface area contributed by atoms with Gasteiger partial charge in [0, 0.05) is 0 Å². The van der Waals surface area contributed by atoms with Crippen LogP contribution in [-0.2, 0) is 14.6 Å². The molecule has 0 radical (unpaired) electrons. The summed E-state index contributed by atoms with van der Waals surface area (Å²) in [5, 5.41) is 0.653. The summed E-state index contributed by atoms with van der Waals surface area (Å²) >= 11 is 0. The summed E-state index contributed by atoms with van der Waals surface area (Å²) in [7, 11) is 2.72. The molecule has 0 spiro atoms. The average Bonchev–Trinajstić information content (AvgIpc) is 1.72. The van der Waals surface area contributed by atoms with Crippen molar-refractivity contribution < 1.29 is 14.6 Å². The highest BCUT2D eigenvalue weighted by molar-refractivity contribution is 3.69. The quantitative estimate of drug-likeness (QED) is 0.480. The predicted molar refractivity (Wildman–Crippen MR) is 21.1 cm³/mol. The Morgan fingerprint density at radius 3 is 1.71 bits per heavy atom. The standard InChI is InChI=1S/C2H8N2O3/c1-5-4(6-2)7-3/h3H2,1-2H3. The SMILES string of the molecule is CON(OC)ON. The van der Waals surface area contributed by atoms with Crippen molar-refractivity contribution in [1.29, 1.82) is 0 Å². The third-order valence-corrected chi connectivity index (χ3v) is 0.384. The summed E-state index contributed by atoms with van der Waals surface area (Å²) in [5.41, 5.74) is 0. The molecule has 0 aromatic rings. The normalized spacial score (nSPS) is 10.3. The number of hydrogen-bond acceptors (Lipinski definition) is 5. The van der Waals surface area contributed by atoms with Gasteiger partial charge >= 0.3 is 0 Å². The van der Waals surface area contributed by atoms with Crippen LogP contribution in [0, 0.1) is 0 Å². The molecule has 2 N–H and O–H groups in total. The largest absolute Gasteiger partial charge is 0.253 e. The molecule has 0 aromatic carbocycles. The fourth-order valence-corrected chi connectivity index (χ4v) is 0.161. The van der Waals surface area contributed by atoms with Crippen LogP contribution in [0.5, 0.6) is 0 Å². The number of nitrogens with two attached hydrogens (primary N) is 1. The third kappa shape index (κ3) is 2.49. The molecule has 0 fully saturated rings. The van der Waals surface area contributed by atoms with E-state index in [1.807, 2.05) is 0 Å². The molecule has 44 valence electrons. The van der Waals surface area contributed by atoms with E-state index in [1.54, 1.807) is 0 Å². The molecule has 7 heavy (non-hydrogen) atoms. The molecule has 5 heteroatoms. The van der Waals surface area contributed by atoms with Gasteiger partial charge in [0.05, 0.1) is 19.6 Å². The Morgan fingerprint density at radius 2 is 1.71 bits per heavy atom. The molecule has 0 rings (SSSR count). The van der Waals surface area contributed by atoms with Crippen LogP contribution in [0.2, 0.25) is 0 Å². The summed E-state index contributed by atoms with van der Waals surface area (Å²) in [6, 6.07) is 0. The maximum absolute atomic E-state index is 4.57. The van der Waals surface area contributed by atoms with Crippen molar-refractivity contribution in [2.24, 2.45) is 5.90 Å². The summed E-state index contributed by atoms with van der Waals surface area (Å²) in [6.07, 6.45) is 0. The molecular formula is C2H8N2O3. The van der Waals surface area contributed by atoms with Gasteiger partial charge in [0.15, 0.2) is 0 Å². The average molecular weight is 108 g/mol. The Hall–Kier alpha value is -0.200. The molecule has 0 amide bonds. The second-order valence-corrected chi connectivity index (χ2v) is 0.694. The Bertz CT molecular complexity index is 32.4. The molecule has 0 aliphatic rings. The Kier molecular flexibility index (Phi) is 3.86. The lowest BCUT2D eigenvalue weighted by atomic mass is 11.7. The van der Waals surface area contributed by atoms with Crippen molar-refractivity contribution in [2.45, 2.75) is 0 Å². The van der Waals surface area contributed by atoms with Gasteiger partial charge < -0.3 is 0 Å². The minimum atomic E-state index is 0.653. The lowest BCUT2D eigenvalue weighted by Crippen LogP contribution is -2.24. The molecule has 5 nitrogen and oxygen atoms in total. The van der Waals surface area contributed by atoms with Crippen LogP contribution in [0.3, 0.4) is 0 Å². The second-order valence-electron chi connectivity index (χ2n) is 0.694. The van der Waals surface area contributed by atoms with E-state index in [9.17, 15) is 0 Å². The molecule has 0 aliphatic carbocycles. The molecule has 0 saturated heterocycles. The maximum atomic E-state index is 4.57. The monoisotopic (exact) mass is 108 g/mol. The van der Waals surface area contributed by atoms with Gasteiger partial charge in [-0.2, -0.15) is 10.8 Å². The first-order chi connectivity index (χ1) is 3.35. The molecule has 0 atom stereocenters. The van der Waals surface area contributed by atoms with E-state index in [-0.39, 0.29) is 0 Å². The van der Waals surface area contributed by atoms with Gasteiger partial charge in [-0.15, -0.1) is 0 Å². The molecule has 0 heterocycles. The third-order valence-electron chi connectivity index (χ3n) is 0.384. The zero-order chi connectivity index (χ0) is 5.70. The van der Waals surface area contributed by atoms with E-state index in [0.29, 0.717) is 5.39 Å². The zero-order valence-electron chi connectivity index (χ0n) is 4.25. The lowest BCUT2D eigenvalue weighted by molar-refractivity contribution is -0.513. The second kappa shape index (κ2) is 3.97. The van der Waals surface area contributed by atoms with Gasteiger partial charge in [-0.25, -0.2) is 0 Å². The summed E-state index contributed by atoms with van der Waals surface area (Å²) in [4.78, 5) is 12.6. The van der Waals surface area contributed by atoms with Gasteiger partial charge in [0.2, 0.25) is 0 Å². The van der Waals surface area contributed by atoms with Crippen molar-refractivity contribution in [3.63, 3.8) is 0 Å². The van der Waals surface area contributed by atoms with Crippen molar-refractivity contribution in [2.75, 3.05) is 14.2 Å². The highest BCUT2D eigenvalue weighted by Crippen LogP contribution is 1.80. The van der Waals surface area contributed by atoms with E-state index in [1.165, 1.54) is 14.2 Å². The molecule has 0 saturated carbocycles. The fraction of sp³-hybridized carbons (Fsp3) is 1.00. The van der Waals surface area contributed by atoms with Gasteiger partial charge in [0.25, 0.3) is 0 Å². The van der Waals surface area contributed by atoms with Crippen LogP contribution in [0.25, 0.3) is 0 Å². The van der Waals surface area contributed by atoms with Crippen molar-refractivity contribution in [3.05, 3.63) is 0 Å². The van der Waals surface area contributed by atoms with Crippen LogP contribution < -0.4 is 5.90 Å². The van der Waals surface area contributed by atoms with Crippen molar-refractivity contribution >= 4 is 0 Å². The fourth-order valence-electron chi connectivity index (χ4n) is 0.161. The smallest absolute Gasteiger partial charge is 0.0939 e. The summed E-state index contributed by atoms with van der Waals surface area (Å²) in [6.45, 7) is 0. The number of nitrogens with zero attached hydrogens (tertiary/aromatic N) is 1. The van der Waals surface area contributed by atoms with Gasteiger partial charge in [-0.1, -0.05) is 0 Å². The first-order valence-corrected chi connectivity index (χ1v) is 1.60. The Labute approximate surface area is 41.4 Å². The van der Waals surface area contributed by atoms with Crippen LogP contribution in [0.15, 0.2) is 0 Å². The van der Waals surface area contributed by atoms with Crippen LogP contribution >= 0.6 is 0 Å². The van der Waals surface area contributed by atoms with Crippen LogP contribution in [0.4, 0.5) is 0 Å². The molecular weight excluding hydrogens is 100 g/mol. The minimum absolute atomic E-state index is 0.653. The van der Waals surface area contributed by atoms with E-state index >= 15 is 0 Å². The summed E-state index contributed by atoms with van der Waals surface area (Å²) < 4.78 is 0. The van der Waals surface area contributed by atoms with Crippen molar-refractivity contribution in [3.8, 4) is 0 Å². The minimum Gasteiger partial charge on any atom is -0.253 e.